The summed E-state index contributed by atoms with van der Waals surface area (Å²) in [5.41, 5.74) is 8.63. The van der Waals surface area contributed by atoms with Crippen LogP contribution in [0, 0.1) is 0 Å². The van der Waals surface area contributed by atoms with Gasteiger partial charge in [-0.2, -0.15) is 0 Å². The van der Waals surface area contributed by atoms with Crippen LogP contribution in [0.1, 0.15) is 11.1 Å². The van der Waals surface area contributed by atoms with Crippen molar-refractivity contribution in [3.8, 4) is 0 Å². The first-order chi connectivity index (χ1) is 8.28. The maximum Gasteiger partial charge on any atom is 0.0681 e. The Kier molecular flexibility index (Phi) is 4.07. The molecule has 2 rings (SSSR count). The summed E-state index contributed by atoms with van der Waals surface area (Å²) in [4.78, 5) is 1.21. The van der Waals surface area contributed by atoms with Gasteiger partial charge < -0.3 is 10.8 Å². The number of rotatable bonds is 4. The third-order valence-corrected chi connectivity index (χ3v) is 3.57. The van der Waals surface area contributed by atoms with E-state index in [2.05, 4.69) is 12.1 Å². The summed E-state index contributed by atoms with van der Waals surface area (Å²) >= 11 is 1.78. The second-order valence-corrected chi connectivity index (χ2v) is 4.88. The Hall–Kier alpha value is -1.45. The van der Waals surface area contributed by atoms with Gasteiger partial charge in [0.05, 0.1) is 6.61 Å². The lowest BCUT2D eigenvalue weighted by Gasteiger charge is -2.03. The minimum Gasteiger partial charge on any atom is -0.399 e. The van der Waals surface area contributed by atoms with Crippen molar-refractivity contribution in [1.82, 2.24) is 0 Å². The van der Waals surface area contributed by atoms with Crippen molar-refractivity contribution in [2.75, 3.05) is 5.73 Å². The summed E-state index contributed by atoms with van der Waals surface area (Å²) in [6, 6.07) is 15.9. The fourth-order valence-corrected chi connectivity index (χ4v) is 2.33. The van der Waals surface area contributed by atoms with E-state index < -0.39 is 0 Å². The van der Waals surface area contributed by atoms with Gasteiger partial charge in [-0.3, -0.25) is 0 Å². The third-order valence-electron chi connectivity index (χ3n) is 2.49. The SMILES string of the molecule is Nc1ccc(SCc2ccc(CO)cc2)cc1. The van der Waals surface area contributed by atoms with Crippen LogP contribution < -0.4 is 5.73 Å². The largest absolute Gasteiger partial charge is 0.399 e. The van der Waals surface area contributed by atoms with E-state index in [0.717, 1.165) is 17.0 Å². The standard InChI is InChI=1S/C14H15NOS/c15-13-5-7-14(8-6-13)17-10-12-3-1-11(9-16)2-4-12/h1-8,16H,9-10,15H2. The van der Waals surface area contributed by atoms with Crippen LogP contribution in [0.25, 0.3) is 0 Å². The molecule has 0 saturated carbocycles. The molecule has 0 heterocycles. The smallest absolute Gasteiger partial charge is 0.0681 e. The molecule has 2 aromatic rings. The predicted octanol–water partition coefficient (Wildman–Crippen LogP) is 3.05. The first-order valence-corrected chi connectivity index (χ1v) is 6.43. The van der Waals surface area contributed by atoms with E-state index in [9.17, 15) is 0 Å². The summed E-state index contributed by atoms with van der Waals surface area (Å²) < 4.78 is 0. The lowest BCUT2D eigenvalue weighted by Crippen LogP contribution is -1.86. The molecule has 0 aliphatic heterocycles. The van der Waals surface area contributed by atoms with Crippen molar-refractivity contribution in [3.05, 3.63) is 59.7 Å². The molecule has 0 fully saturated rings. The van der Waals surface area contributed by atoms with E-state index in [1.54, 1.807) is 11.8 Å². The fourth-order valence-electron chi connectivity index (χ4n) is 1.47. The van der Waals surface area contributed by atoms with Crippen LogP contribution in [0.5, 0.6) is 0 Å². The highest BCUT2D eigenvalue weighted by Crippen LogP contribution is 2.23. The van der Waals surface area contributed by atoms with Crippen LogP contribution in [0.4, 0.5) is 5.69 Å². The average Bonchev–Trinajstić information content (AvgIpc) is 2.39. The summed E-state index contributed by atoms with van der Waals surface area (Å²) in [6.45, 7) is 0.103. The Bertz CT molecular complexity index is 465. The second kappa shape index (κ2) is 5.75. The second-order valence-electron chi connectivity index (χ2n) is 3.83. The van der Waals surface area contributed by atoms with E-state index in [-0.39, 0.29) is 6.61 Å². The normalized spacial score (nSPS) is 10.4. The molecule has 2 nitrogen and oxygen atoms in total. The lowest BCUT2D eigenvalue weighted by atomic mass is 10.2. The molecule has 17 heavy (non-hydrogen) atoms. The molecule has 0 unspecified atom stereocenters. The predicted molar refractivity (Wildman–Crippen MR) is 72.8 cm³/mol. The van der Waals surface area contributed by atoms with Gasteiger partial charge in [-0.15, -0.1) is 11.8 Å². The van der Waals surface area contributed by atoms with E-state index in [1.165, 1.54) is 10.5 Å². The van der Waals surface area contributed by atoms with Gasteiger partial charge in [0.25, 0.3) is 0 Å². The van der Waals surface area contributed by atoms with Gasteiger partial charge in [0.15, 0.2) is 0 Å². The first-order valence-electron chi connectivity index (χ1n) is 5.45. The maximum atomic E-state index is 8.95. The number of nitrogens with two attached hydrogens (primary N) is 1. The van der Waals surface area contributed by atoms with Crippen molar-refractivity contribution < 1.29 is 5.11 Å². The van der Waals surface area contributed by atoms with Crippen molar-refractivity contribution in [2.24, 2.45) is 0 Å². The van der Waals surface area contributed by atoms with Crippen LogP contribution in [0.3, 0.4) is 0 Å². The zero-order chi connectivity index (χ0) is 12.1. The van der Waals surface area contributed by atoms with Gasteiger partial charge in [-0.1, -0.05) is 24.3 Å². The van der Waals surface area contributed by atoms with Crippen LogP contribution in [-0.2, 0) is 12.4 Å². The highest BCUT2D eigenvalue weighted by atomic mass is 32.2. The molecule has 0 spiro atoms. The number of aliphatic hydroxyl groups excluding tert-OH is 1. The van der Waals surface area contributed by atoms with Gasteiger partial charge >= 0.3 is 0 Å². The monoisotopic (exact) mass is 245 g/mol. The Morgan fingerprint density at radius 2 is 1.47 bits per heavy atom. The molecule has 0 saturated heterocycles. The molecule has 88 valence electrons. The third kappa shape index (κ3) is 3.51. The van der Waals surface area contributed by atoms with E-state index in [4.69, 9.17) is 10.8 Å². The zero-order valence-corrected chi connectivity index (χ0v) is 10.3. The van der Waals surface area contributed by atoms with Crippen LogP contribution >= 0.6 is 11.8 Å². The zero-order valence-electron chi connectivity index (χ0n) is 9.47. The number of thioether (sulfide) groups is 1. The Balaban J connectivity index is 1.95. The lowest BCUT2D eigenvalue weighted by molar-refractivity contribution is 0.282. The van der Waals surface area contributed by atoms with Crippen molar-refractivity contribution in [1.29, 1.82) is 0 Å². The molecule has 0 aromatic heterocycles. The van der Waals surface area contributed by atoms with Crippen molar-refractivity contribution in [2.45, 2.75) is 17.3 Å². The first kappa shape index (κ1) is 12.0. The molecule has 0 radical (unpaired) electrons. The number of benzene rings is 2. The van der Waals surface area contributed by atoms with Gasteiger partial charge in [0.1, 0.15) is 0 Å². The van der Waals surface area contributed by atoms with E-state index >= 15 is 0 Å². The summed E-state index contributed by atoms with van der Waals surface area (Å²) in [5, 5.41) is 8.95. The molecule has 0 bridgehead atoms. The van der Waals surface area contributed by atoms with Gasteiger partial charge in [-0.25, -0.2) is 0 Å². The summed E-state index contributed by atoms with van der Waals surface area (Å²) in [7, 11) is 0. The highest BCUT2D eigenvalue weighted by molar-refractivity contribution is 7.98. The van der Waals surface area contributed by atoms with Crippen LogP contribution in [0.15, 0.2) is 53.4 Å². The summed E-state index contributed by atoms with van der Waals surface area (Å²) in [5.74, 6) is 0.926. The number of anilines is 1. The van der Waals surface area contributed by atoms with Crippen LogP contribution in [0.2, 0.25) is 0 Å². The van der Waals surface area contributed by atoms with E-state index in [0.29, 0.717) is 0 Å². The molecule has 3 heteroatoms. The Labute approximate surface area is 105 Å². The fraction of sp³-hybridized carbons (Fsp3) is 0.143. The van der Waals surface area contributed by atoms with Gasteiger partial charge in [0.2, 0.25) is 0 Å². The maximum absolute atomic E-state index is 8.95. The molecule has 0 aliphatic rings. The topological polar surface area (TPSA) is 46.2 Å². The Morgan fingerprint density at radius 1 is 0.882 bits per heavy atom. The molecule has 2 aromatic carbocycles. The molecular weight excluding hydrogens is 230 g/mol. The molecule has 0 aliphatic carbocycles. The van der Waals surface area contributed by atoms with E-state index in [1.807, 2.05) is 36.4 Å². The van der Waals surface area contributed by atoms with Gasteiger partial charge in [-0.05, 0) is 35.4 Å². The minimum atomic E-state index is 0.103. The minimum absolute atomic E-state index is 0.103. The quantitative estimate of drug-likeness (QED) is 0.643. The van der Waals surface area contributed by atoms with Gasteiger partial charge in [0, 0.05) is 16.3 Å². The van der Waals surface area contributed by atoms with Crippen molar-refractivity contribution in [3.63, 3.8) is 0 Å². The number of aliphatic hydroxyl groups is 1. The highest BCUT2D eigenvalue weighted by Gasteiger charge is 1.97. The van der Waals surface area contributed by atoms with Crippen molar-refractivity contribution >= 4 is 17.4 Å². The molecule has 3 N–H and O–H groups in total. The van der Waals surface area contributed by atoms with Crippen LogP contribution in [-0.4, -0.2) is 5.11 Å². The number of hydrogen-bond acceptors (Lipinski definition) is 3. The molecule has 0 atom stereocenters. The average molecular weight is 245 g/mol. The number of hydrogen-bond donors (Lipinski definition) is 2. The summed E-state index contributed by atoms with van der Waals surface area (Å²) in [6.07, 6.45) is 0. The molecule has 0 amide bonds. The number of nitrogen functional groups attached to an aromatic ring is 1. The Morgan fingerprint density at radius 3 is 2.06 bits per heavy atom. The molecular formula is C14H15NOS.